The monoisotopic (exact) mass is 282 g/mol. The van der Waals surface area contributed by atoms with Crippen LogP contribution in [0.15, 0.2) is 49.3 Å². The molecule has 5 nitrogen and oxygen atoms in total. The van der Waals surface area contributed by atoms with Crippen LogP contribution in [0.5, 0.6) is 0 Å². The molecule has 0 atom stereocenters. The van der Waals surface area contributed by atoms with Gasteiger partial charge in [-0.1, -0.05) is 35.9 Å². The lowest BCUT2D eigenvalue weighted by Gasteiger charge is -2.06. The van der Waals surface area contributed by atoms with E-state index in [1.54, 1.807) is 6.08 Å². The van der Waals surface area contributed by atoms with E-state index in [4.69, 9.17) is 0 Å². The zero-order valence-electron chi connectivity index (χ0n) is 12.0. The fourth-order valence-electron chi connectivity index (χ4n) is 1.69. The van der Waals surface area contributed by atoms with Gasteiger partial charge in [-0.25, -0.2) is 9.97 Å². The molecule has 1 amide bonds. The normalized spacial score (nSPS) is 9.95. The number of aromatic nitrogens is 2. The predicted octanol–water partition coefficient (Wildman–Crippen LogP) is 2.31. The van der Waals surface area contributed by atoms with Gasteiger partial charge in [-0.2, -0.15) is 0 Å². The molecular weight excluding hydrogens is 264 g/mol. The number of amides is 1. The molecule has 0 unspecified atom stereocenters. The molecule has 0 saturated heterocycles. The molecule has 0 aliphatic carbocycles. The number of nitrogens with zero attached hydrogens (tertiary/aromatic N) is 2. The predicted molar refractivity (Wildman–Crippen MR) is 83.1 cm³/mol. The standard InChI is InChI=1S/C16H18N4O/c1-3-8-17-16-19-10-14(11-20-16)15(21)18-9-13-6-4-12(2)5-7-13/h3-7,10-11H,1,8-9H2,2H3,(H,18,21)(H,17,19,20). The molecular formula is C16H18N4O. The van der Waals surface area contributed by atoms with Crippen LogP contribution in [0.2, 0.25) is 0 Å². The molecule has 21 heavy (non-hydrogen) atoms. The first kappa shape index (κ1) is 14.7. The number of carbonyl (C=O) groups excluding carboxylic acids is 1. The van der Waals surface area contributed by atoms with Gasteiger partial charge in [0.25, 0.3) is 5.91 Å². The number of hydrogen-bond donors (Lipinski definition) is 2. The van der Waals surface area contributed by atoms with Crippen molar-refractivity contribution in [2.24, 2.45) is 0 Å². The second-order valence-electron chi connectivity index (χ2n) is 4.63. The van der Waals surface area contributed by atoms with E-state index in [1.807, 2.05) is 31.2 Å². The van der Waals surface area contributed by atoms with Crippen molar-refractivity contribution in [3.05, 3.63) is 66.0 Å². The fraction of sp³-hybridized carbons (Fsp3) is 0.188. The zero-order valence-corrected chi connectivity index (χ0v) is 12.0. The second-order valence-corrected chi connectivity index (χ2v) is 4.63. The molecule has 0 saturated carbocycles. The van der Waals surface area contributed by atoms with Crippen molar-refractivity contribution in [2.45, 2.75) is 13.5 Å². The van der Waals surface area contributed by atoms with E-state index in [-0.39, 0.29) is 5.91 Å². The molecule has 0 aliphatic heterocycles. The van der Waals surface area contributed by atoms with Gasteiger partial charge < -0.3 is 10.6 Å². The van der Waals surface area contributed by atoms with Crippen LogP contribution in [-0.2, 0) is 6.54 Å². The largest absolute Gasteiger partial charge is 0.351 e. The molecule has 2 rings (SSSR count). The topological polar surface area (TPSA) is 66.9 Å². The summed E-state index contributed by atoms with van der Waals surface area (Å²) in [6.45, 7) is 6.69. The molecule has 0 radical (unpaired) electrons. The molecule has 1 aromatic carbocycles. The van der Waals surface area contributed by atoms with Crippen molar-refractivity contribution in [1.29, 1.82) is 0 Å². The average Bonchev–Trinajstić information content (AvgIpc) is 2.52. The summed E-state index contributed by atoms with van der Waals surface area (Å²) in [5.74, 6) is 0.288. The quantitative estimate of drug-likeness (QED) is 0.798. The van der Waals surface area contributed by atoms with Crippen LogP contribution in [0.25, 0.3) is 0 Å². The van der Waals surface area contributed by atoms with Crippen molar-refractivity contribution < 1.29 is 4.79 Å². The van der Waals surface area contributed by atoms with Crippen LogP contribution in [0.3, 0.4) is 0 Å². The Kier molecular flexibility index (Phi) is 5.04. The molecule has 1 aromatic heterocycles. The third-order valence-corrected chi connectivity index (χ3v) is 2.89. The molecule has 5 heteroatoms. The molecule has 0 spiro atoms. The Morgan fingerprint density at radius 3 is 2.52 bits per heavy atom. The Balaban J connectivity index is 1.90. The maximum absolute atomic E-state index is 12.0. The number of anilines is 1. The van der Waals surface area contributed by atoms with Gasteiger partial charge in [-0.05, 0) is 12.5 Å². The van der Waals surface area contributed by atoms with E-state index in [9.17, 15) is 4.79 Å². The Morgan fingerprint density at radius 1 is 1.24 bits per heavy atom. The van der Waals surface area contributed by atoms with E-state index in [1.165, 1.54) is 18.0 Å². The van der Waals surface area contributed by atoms with Crippen molar-refractivity contribution in [3.63, 3.8) is 0 Å². The van der Waals surface area contributed by atoms with E-state index in [0.29, 0.717) is 24.6 Å². The smallest absolute Gasteiger partial charge is 0.254 e. The first-order valence-corrected chi connectivity index (χ1v) is 6.69. The number of benzene rings is 1. The Hall–Kier alpha value is -2.69. The lowest BCUT2D eigenvalue weighted by Crippen LogP contribution is -2.23. The van der Waals surface area contributed by atoms with Crippen molar-refractivity contribution in [2.75, 3.05) is 11.9 Å². The minimum absolute atomic E-state index is 0.189. The van der Waals surface area contributed by atoms with Crippen LogP contribution < -0.4 is 10.6 Å². The molecule has 108 valence electrons. The Labute approximate surface area is 124 Å². The van der Waals surface area contributed by atoms with Gasteiger partial charge in [0.05, 0.1) is 5.56 Å². The summed E-state index contributed by atoms with van der Waals surface area (Å²) in [6.07, 6.45) is 4.72. The van der Waals surface area contributed by atoms with Gasteiger partial charge in [0, 0.05) is 25.5 Å². The second kappa shape index (κ2) is 7.19. The van der Waals surface area contributed by atoms with Crippen LogP contribution in [-0.4, -0.2) is 22.4 Å². The Bertz CT molecular complexity index is 605. The van der Waals surface area contributed by atoms with Crippen LogP contribution >= 0.6 is 0 Å². The van der Waals surface area contributed by atoms with E-state index >= 15 is 0 Å². The van der Waals surface area contributed by atoms with Gasteiger partial charge in [0.15, 0.2) is 0 Å². The molecule has 2 N–H and O–H groups in total. The number of hydrogen-bond acceptors (Lipinski definition) is 4. The highest BCUT2D eigenvalue weighted by Gasteiger charge is 2.06. The van der Waals surface area contributed by atoms with Crippen LogP contribution in [0.4, 0.5) is 5.95 Å². The highest BCUT2D eigenvalue weighted by Crippen LogP contribution is 2.04. The third-order valence-electron chi connectivity index (χ3n) is 2.89. The summed E-state index contributed by atoms with van der Waals surface area (Å²) in [5.41, 5.74) is 2.69. The minimum Gasteiger partial charge on any atom is -0.351 e. The van der Waals surface area contributed by atoms with Crippen LogP contribution in [0, 0.1) is 6.92 Å². The highest BCUT2D eigenvalue weighted by atomic mass is 16.1. The average molecular weight is 282 g/mol. The van der Waals surface area contributed by atoms with E-state index < -0.39 is 0 Å². The van der Waals surface area contributed by atoms with Crippen molar-refractivity contribution >= 4 is 11.9 Å². The summed E-state index contributed by atoms with van der Waals surface area (Å²) in [6, 6.07) is 8.03. The van der Waals surface area contributed by atoms with E-state index in [2.05, 4.69) is 27.2 Å². The summed E-state index contributed by atoms with van der Waals surface area (Å²) < 4.78 is 0. The van der Waals surface area contributed by atoms with Crippen molar-refractivity contribution in [1.82, 2.24) is 15.3 Å². The lowest BCUT2D eigenvalue weighted by molar-refractivity contribution is 0.0950. The molecule has 0 bridgehead atoms. The van der Waals surface area contributed by atoms with Gasteiger partial charge in [-0.3, -0.25) is 4.79 Å². The third kappa shape index (κ3) is 4.42. The SMILES string of the molecule is C=CCNc1ncc(C(=O)NCc2ccc(C)cc2)cn1. The highest BCUT2D eigenvalue weighted by molar-refractivity contribution is 5.93. The number of nitrogens with one attached hydrogen (secondary N) is 2. The first-order valence-electron chi connectivity index (χ1n) is 6.69. The molecule has 0 aliphatic rings. The number of aryl methyl sites for hydroxylation is 1. The summed E-state index contributed by atoms with van der Waals surface area (Å²) in [4.78, 5) is 20.1. The summed E-state index contributed by atoms with van der Waals surface area (Å²) >= 11 is 0. The maximum Gasteiger partial charge on any atom is 0.254 e. The number of carbonyl (C=O) groups is 1. The summed E-state index contributed by atoms with van der Waals surface area (Å²) in [7, 11) is 0. The zero-order chi connectivity index (χ0) is 15.1. The first-order chi connectivity index (χ1) is 10.2. The van der Waals surface area contributed by atoms with E-state index in [0.717, 1.165) is 5.56 Å². The molecule has 2 aromatic rings. The molecule has 1 heterocycles. The maximum atomic E-state index is 12.0. The summed E-state index contributed by atoms with van der Waals surface area (Å²) in [5, 5.41) is 5.79. The van der Waals surface area contributed by atoms with Gasteiger partial charge in [-0.15, -0.1) is 6.58 Å². The van der Waals surface area contributed by atoms with Gasteiger partial charge in [0.2, 0.25) is 5.95 Å². The lowest BCUT2D eigenvalue weighted by atomic mass is 10.1. The number of rotatable bonds is 6. The van der Waals surface area contributed by atoms with Crippen LogP contribution in [0.1, 0.15) is 21.5 Å². The molecule has 0 fully saturated rings. The van der Waals surface area contributed by atoms with Gasteiger partial charge in [0.1, 0.15) is 0 Å². The Morgan fingerprint density at radius 2 is 1.90 bits per heavy atom. The minimum atomic E-state index is -0.189. The fourth-order valence-corrected chi connectivity index (χ4v) is 1.69. The van der Waals surface area contributed by atoms with Crippen molar-refractivity contribution in [3.8, 4) is 0 Å². The van der Waals surface area contributed by atoms with Gasteiger partial charge >= 0.3 is 0 Å².